The van der Waals surface area contributed by atoms with Gasteiger partial charge in [0.05, 0.1) is 6.10 Å². The summed E-state index contributed by atoms with van der Waals surface area (Å²) in [5.41, 5.74) is 1.92. The first kappa shape index (κ1) is 10.9. The van der Waals surface area contributed by atoms with E-state index in [2.05, 4.69) is 4.98 Å². The third-order valence-corrected chi connectivity index (χ3v) is 2.63. The fourth-order valence-electron chi connectivity index (χ4n) is 1.77. The van der Waals surface area contributed by atoms with Gasteiger partial charge in [0.1, 0.15) is 0 Å². The molecule has 0 saturated heterocycles. The number of H-pyrrole nitrogens is 1. The van der Waals surface area contributed by atoms with Gasteiger partial charge in [-0.15, -0.1) is 0 Å². The van der Waals surface area contributed by atoms with Crippen molar-refractivity contribution in [2.45, 2.75) is 20.0 Å². The zero-order valence-electron chi connectivity index (χ0n) is 9.49. The standard InChI is InChI=1S/C13H15NO2/c1-3-16-9(2)10-4-6-12-11(8-10)5-7-13(15)14-12/h4-9H,3H2,1-2H3,(H,14,15). The Hall–Kier alpha value is -1.61. The smallest absolute Gasteiger partial charge is 0.248 e. The van der Waals surface area contributed by atoms with Crippen molar-refractivity contribution in [3.8, 4) is 0 Å². The maximum atomic E-state index is 11.1. The molecule has 1 heterocycles. The summed E-state index contributed by atoms with van der Waals surface area (Å²) in [5.74, 6) is 0. The van der Waals surface area contributed by atoms with E-state index in [1.54, 1.807) is 0 Å². The number of aromatic nitrogens is 1. The molecule has 16 heavy (non-hydrogen) atoms. The van der Waals surface area contributed by atoms with Crippen molar-refractivity contribution >= 4 is 10.9 Å². The van der Waals surface area contributed by atoms with Crippen LogP contribution in [0.3, 0.4) is 0 Å². The van der Waals surface area contributed by atoms with Crippen LogP contribution >= 0.6 is 0 Å². The minimum absolute atomic E-state index is 0.0712. The molecule has 0 aliphatic carbocycles. The molecular formula is C13H15NO2. The topological polar surface area (TPSA) is 42.1 Å². The number of ether oxygens (including phenoxy) is 1. The number of hydrogen-bond acceptors (Lipinski definition) is 2. The Balaban J connectivity index is 2.44. The first-order chi connectivity index (χ1) is 7.70. The molecule has 1 aromatic heterocycles. The van der Waals surface area contributed by atoms with Crippen LogP contribution in [0.2, 0.25) is 0 Å². The summed E-state index contributed by atoms with van der Waals surface area (Å²) in [6.07, 6.45) is 0.0846. The predicted octanol–water partition coefficient (Wildman–Crippen LogP) is 2.63. The third kappa shape index (κ3) is 2.14. The van der Waals surface area contributed by atoms with Gasteiger partial charge in [-0.25, -0.2) is 0 Å². The van der Waals surface area contributed by atoms with E-state index in [0.717, 1.165) is 16.5 Å². The molecule has 0 spiro atoms. The molecule has 0 bridgehead atoms. The van der Waals surface area contributed by atoms with Gasteiger partial charge < -0.3 is 9.72 Å². The second-order valence-electron chi connectivity index (χ2n) is 3.77. The normalized spacial score (nSPS) is 12.9. The predicted molar refractivity (Wildman–Crippen MR) is 64.6 cm³/mol. The Morgan fingerprint density at radius 1 is 1.31 bits per heavy atom. The molecule has 2 aromatic rings. The van der Waals surface area contributed by atoms with Crippen molar-refractivity contribution in [3.63, 3.8) is 0 Å². The maximum Gasteiger partial charge on any atom is 0.248 e. The van der Waals surface area contributed by atoms with Crippen LogP contribution in [0.15, 0.2) is 35.1 Å². The molecule has 3 heteroatoms. The molecule has 0 amide bonds. The molecule has 1 atom stereocenters. The van der Waals surface area contributed by atoms with Gasteiger partial charge in [0.25, 0.3) is 0 Å². The molecule has 3 nitrogen and oxygen atoms in total. The average Bonchev–Trinajstić information content (AvgIpc) is 2.28. The van der Waals surface area contributed by atoms with Crippen LogP contribution < -0.4 is 5.56 Å². The number of aromatic amines is 1. The maximum absolute atomic E-state index is 11.1. The highest BCUT2D eigenvalue weighted by Gasteiger charge is 2.05. The van der Waals surface area contributed by atoms with Crippen LogP contribution in [-0.4, -0.2) is 11.6 Å². The van der Waals surface area contributed by atoms with Crippen molar-refractivity contribution in [1.29, 1.82) is 0 Å². The van der Waals surface area contributed by atoms with E-state index in [4.69, 9.17) is 4.74 Å². The molecule has 0 radical (unpaired) electrons. The Kier molecular flexibility index (Phi) is 3.06. The average molecular weight is 217 g/mol. The molecule has 0 fully saturated rings. The molecule has 84 valence electrons. The molecule has 0 aliphatic rings. The fourth-order valence-corrected chi connectivity index (χ4v) is 1.77. The van der Waals surface area contributed by atoms with Crippen molar-refractivity contribution in [2.75, 3.05) is 6.61 Å². The van der Waals surface area contributed by atoms with Crippen LogP contribution in [0, 0.1) is 0 Å². The molecule has 2 rings (SSSR count). The quantitative estimate of drug-likeness (QED) is 0.858. The first-order valence-corrected chi connectivity index (χ1v) is 5.45. The summed E-state index contributed by atoms with van der Waals surface area (Å²) >= 11 is 0. The summed E-state index contributed by atoms with van der Waals surface area (Å²) in [6, 6.07) is 9.32. The number of rotatable bonds is 3. The summed E-state index contributed by atoms with van der Waals surface area (Å²) in [4.78, 5) is 13.9. The molecule has 0 saturated carbocycles. The fraction of sp³-hybridized carbons (Fsp3) is 0.308. The van der Waals surface area contributed by atoms with E-state index in [0.29, 0.717) is 6.61 Å². The Bertz CT molecular complexity index is 545. The van der Waals surface area contributed by atoms with Crippen LogP contribution in [-0.2, 0) is 4.74 Å². The van der Waals surface area contributed by atoms with Gasteiger partial charge in [-0.1, -0.05) is 6.07 Å². The SMILES string of the molecule is CCOC(C)c1ccc2[nH]c(=O)ccc2c1. The van der Waals surface area contributed by atoms with Crippen molar-refractivity contribution in [3.05, 3.63) is 46.2 Å². The summed E-state index contributed by atoms with van der Waals surface area (Å²) < 4.78 is 5.53. The second-order valence-corrected chi connectivity index (χ2v) is 3.77. The van der Waals surface area contributed by atoms with E-state index in [1.165, 1.54) is 6.07 Å². The van der Waals surface area contributed by atoms with E-state index < -0.39 is 0 Å². The minimum Gasteiger partial charge on any atom is -0.374 e. The highest BCUT2D eigenvalue weighted by atomic mass is 16.5. The van der Waals surface area contributed by atoms with Crippen LogP contribution in [0.25, 0.3) is 10.9 Å². The van der Waals surface area contributed by atoms with Gasteiger partial charge >= 0.3 is 0 Å². The number of fused-ring (bicyclic) bond motifs is 1. The van der Waals surface area contributed by atoms with Crippen LogP contribution in [0.1, 0.15) is 25.5 Å². The van der Waals surface area contributed by atoms with Gasteiger partial charge in [0, 0.05) is 18.2 Å². The molecular weight excluding hydrogens is 202 g/mol. The van der Waals surface area contributed by atoms with Crippen molar-refractivity contribution in [2.24, 2.45) is 0 Å². The molecule has 1 unspecified atom stereocenters. The summed E-state index contributed by atoms with van der Waals surface area (Å²) in [5, 5.41) is 1.03. The van der Waals surface area contributed by atoms with E-state index >= 15 is 0 Å². The molecule has 0 aliphatic heterocycles. The largest absolute Gasteiger partial charge is 0.374 e. The van der Waals surface area contributed by atoms with Gasteiger partial charge in [0.2, 0.25) is 5.56 Å². The Labute approximate surface area is 94.1 Å². The van der Waals surface area contributed by atoms with Crippen LogP contribution in [0.4, 0.5) is 0 Å². The van der Waals surface area contributed by atoms with Crippen molar-refractivity contribution < 1.29 is 4.74 Å². The lowest BCUT2D eigenvalue weighted by Crippen LogP contribution is -2.03. The Morgan fingerprint density at radius 2 is 2.12 bits per heavy atom. The number of nitrogens with one attached hydrogen (secondary N) is 1. The number of benzene rings is 1. The molecule has 1 N–H and O–H groups in total. The van der Waals surface area contributed by atoms with Gasteiger partial charge in [-0.3, -0.25) is 4.79 Å². The zero-order valence-corrected chi connectivity index (χ0v) is 9.49. The van der Waals surface area contributed by atoms with Gasteiger partial charge in [-0.05, 0) is 43.0 Å². The Morgan fingerprint density at radius 3 is 2.88 bits per heavy atom. The monoisotopic (exact) mass is 217 g/mol. The van der Waals surface area contributed by atoms with Gasteiger partial charge in [0.15, 0.2) is 0 Å². The lowest BCUT2D eigenvalue weighted by Gasteiger charge is -2.12. The third-order valence-electron chi connectivity index (χ3n) is 2.63. The van der Waals surface area contributed by atoms with Gasteiger partial charge in [-0.2, -0.15) is 0 Å². The first-order valence-electron chi connectivity index (χ1n) is 5.45. The highest BCUT2D eigenvalue weighted by molar-refractivity contribution is 5.78. The van der Waals surface area contributed by atoms with E-state index in [9.17, 15) is 4.79 Å². The lowest BCUT2D eigenvalue weighted by molar-refractivity contribution is 0.0765. The summed E-state index contributed by atoms with van der Waals surface area (Å²) in [6.45, 7) is 4.70. The summed E-state index contributed by atoms with van der Waals surface area (Å²) in [7, 11) is 0. The number of hydrogen-bond donors (Lipinski definition) is 1. The number of pyridine rings is 1. The molecule has 1 aromatic carbocycles. The second kappa shape index (κ2) is 4.49. The van der Waals surface area contributed by atoms with E-state index in [-0.39, 0.29) is 11.7 Å². The van der Waals surface area contributed by atoms with Crippen LogP contribution in [0.5, 0.6) is 0 Å². The lowest BCUT2D eigenvalue weighted by atomic mass is 10.1. The van der Waals surface area contributed by atoms with E-state index in [1.807, 2.05) is 38.1 Å². The zero-order chi connectivity index (χ0) is 11.5. The highest BCUT2D eigenvalue weighted by Crippen LogP contribution is 2.20. The minimum atomic E-state index is -0.0712. The van der Waals surface area contributed by atoms with Crippen molar-refractivity contribution in [1.82, 2.24) is 4.98 Å².